The summed E-state index contributed by atoms with van der Waals surface area (Å²) in [6.07, 6.45) is -3.25. The van der Waals surface area contributed by atoms with Gasteiger partial charge in [-0.3, -0.25) is 4.79 Å². The topological polar surface area (TPSA) is 71.3 Å². The first-order valence-corrected chi connectivity index (χ1v) is 12.5. The number of halogens is 4. The first kappa shape index (κ1) is 27.7. The second-order valence-corrected chi connectivity index (χ2v) is 9.46. The second kappa shape index (κ2) is 11.6. The Morgan fingerprint density at radius 1 is 1.08 bits per heavy atom. The van der Waals surface area contributed by atoms with E-state index in [1.165, 1.54) is 25.3 Å². The molecule has 0 spiro atoms. The van der Waals surface area contributed by atoms with Crippen LogP contribution in [-0.4, -0.2) is 13.0 Å². The Morgan fingerprint density at radius 3 is 2.56 bits per heavy atom. The third-order valence-electron chi connectivity index (χ3n) is 6.01. The van der Waals surface area contributed by atoms with Crippen LogP contribution in [0.15, 0.2) is 82.8 Å². The van der Waals surface area contributed by atoms with Crippen molar-refractivity contribution >= 4 is 44.4 Å². The number of anilines is 1. The highest BCUT2D eigenvalue weighted by molar-refractivity contribution is 9.10. The summed E-state index contributed by atoms with van der Waals surface area (Å²) in [7, 11) is 1.47. The normalized spacial score (nSPS) is 11.7. The van der Waals surface area contributed by atoms with Crippen LogP contribution in [0.1, 0.15) is 22.3 Å². The maximum Gasteiger partial charge on any atom is 0.416 e. The van der Waals surface area contributed by atoms with Gasteiger partial charge in [0.05, 0.1) is 17.1 Å². The van der Waals surface area contributed by atoms with Crippen molar-refractivity contribution in [3.63, 3.8) is 0 Å². The molecule has 0 saturated heterocycles. The molecular weight excluding hydrogens is 573 g/mol. The van der Waals surface area contributed by atoms with E-state index in [4.69, 9.17) is 9.47 Å². The molecule has 4 aromatic carbocycles. The summed E-state index contributed by atoms with van der Waals surface area (Å²) in [5.74, 6) is -0.0447. The number of ether oxygens (including phenoxy) is 2. The minimum Gasteiger partial charge on any atom is -0.493 e. The lowest BCUT2D eigenvalue weighted by atomic mass is 10.0. The average molecular weight is 595 g/mol. The molecule has 0 fully saturated rings. The van der Waals surface area contributed by atoms with E-state index in [-0.39, 0.29) is 17.9 Å². The number of hydrogen-bond donors (Lipinski definition) is 1. The van der Waals surface area contributed by atoms with Gasteiger partial charge in [0, 0.05) is 11.3 Å². The number of carbonyl (C=O) groups excluding carboxylic acids is 1. The van der Waals surface area contributed by atoms with Gasteiger partial charge in [-0.2, -0.15) is 18.4 Å². The molecule has 0 atom stereocenters. The van der Waals surface area contributed by atoms with Crippen molar-refractivity contribution in [1.82, 2.24) is 0 Å². The standard InChI is InChI=1S/C30H22BrF3N2O3/c1-18-10-11-20-6-3-4-9-24(20)25(18)17-39-28-26(31)13-19(14-27(28)38-2)12-21(16-35)29(37)36-23-8-5-7-22(15-23)30(32,33)34/h3-15H,17H2,1-2H3,(H,36,37)/b21-12+. The molecule has 1 N–H and O–H groups in total. The molecule has 9 heteroatoms. The Bertz CT molecular complexity index is 1620. The van der Waals surface area contributed by atoms with Crippen molar-refractivity contribution in [2.75, 3.05) is 12.4 Å². The number of nitriles is 1. The predicted molar refractivity (Wildman–Crippen MR) is 147 cm³/mol. The molecule has 0 radical (unpaired) electrons. The monoisotopic (exact) mass is 594 g/mol. The van der Waals surface area contributed by atoms with Crippen molar-refractivity contribution in [1.29, 1.82) is 5.26 Å². The van der Waals surface area contributed by atoms with Gasteiger partial charge >= 0.3 is 6.18 Å². The molecule has 0 aliphatic heterocycles. The van der Waals surface area contributed by atoms with E-state index >= 15 is 0 Å². The number of carbonyl (C=O) groups is 1. The summed E-state index contributed by atoms with van der Waals surface area (Å²) < 4.78 is 51.2. The summed E-state index contributed by atoms with van der Waals surface area (Å²) in [4.78, 5) is 12.7. The lowest BCUT2D eigenvalue weighted by Gasteiger charge is -2.16. The number of aryl methyl sites for hydroxylation is 1. The fraction of sp³-hybridized carbons (Fsp3) is 0.133. The van der Waals surface area contributed by atoms with Gasteiger partial charge in [-0.05, 0) is 81.2 Å². The molecular formula is C30H22BrF3N2O3. The Kier molecular flexibility index (Phi) is 8.27. The summed E-state index contributed by atoms with van der Waals surface area (Å²) in [5, 5.41) is 14.1. The molecule has 4 aromatic rings. The van der Waals surface area contributed by atoms with Gasteiger partial charge < -0.3 is 14.8 Å². The molecule has 0 aliphatic rings. The van der Waals surface area contributed by atoms with Crippen LogP contribution in [0.4, 0.5) is 18.9 Å². The number of methoxy groups -OCH3 is 1. The van der Waals surface area contributed by atoms with Gasteiger partial charge in [-0.1, -0.05) is 42.5 Å². The molecule has 198 valence electrons. The fourth-order valence-corrected chi connectivity index (χ4v) is 4.61. The number of nitrogens with one attached hydrogen (secondary N) is 1. The van der Waals surface area contributed by atoms with E-state index in [0.29, 0.717) is 21.5 Å². The third-order valence-corrected chi connectivity index (χ3v) is 6.60. The van der Waals surface area contributed by atoms with Gasteiger partial charge in [0.2, 0.25) is 0 Å². The van der Waals surface area contributed by atoms with Crippen molar-refractivity contribution in [2.24, 2.45) is 0 Å². The second-order valence-electron chi connectivity index (χ2n) is 8.61. The minimum atomic E-state index is -4.56. The number of nitrogens with zero attached hydrogens (tertiary/aromatic N) is 1. The van der Waals surface area contributed by atoms with Crippen LogP contribution in [0.2, 0.25) is 0 Å². The highest BCUT2D eigenvalue weighted by atomic mass is 79.9. The van der Waals surface area contributed by atoms with Crippen LogP contribution in [0, 0.1) is 18.3 Å². The molecule has 0 bridgehead atoms. The zero-order valence-electron chi connectivity index (χ0n) is 20.9. The largest absolute Gasteiger partial charge is 0.493 e. The first-order chi connectivity index (χ1) is 18.6. The van der Waals surface area contributed by atoms with E-state index < -0.39 is 17.6 Å². The molecule has 0 aromatic heterocycles. The summed E-state index contributed by atoms with van der Waals surface area (Å²) >= 11 is 3.49. The molecule has 0 unspecified atom stereocenters. The van der Waals surface area contributed by atoms with E-state index in [2.05, 4.69) is 27.3 Å². The van der Waals surface area contributed by atoms with Gasteiger partial charge in [-0.15, -0.1) is 0 Å². The summed E-state index contributed by atoms with van der Waals surface area (Å²) in [6, 6.07) is 21.3. The molecule has 39 heavy (non-hydrogen) atoms. The maximum atomic E-state index is 13.0. The van der Waals surface area contributed by atoms with Crippen LogP contribution in [0.5, 0.6) is 11.5 Å². The van der Waals surface area contributed by atoms with Crippen molar-refractivity contribution in [3.05, 3.63) is 105 Å². The zero-order chi connectivity index (χ0) is 28.2. The Morgan fingerprint density at radius 2 is 1.85 bits per heavy atom. The van der Waals surface area contributed by atoms with Crippen LogP contribution in [-0.2, 0) is 17.6 Å². The van der Waals surface area contributed by atoms with E-state index in [9.17, 15) is 23.2 Å². The first-order valence-electron chi connectivity index (χ1n) is 11.7. The molecule has 0 aliphatic carbocycles. The Balaban J connectivity index is 1.58. The summed E-state index contributed by atoms with van der Waals surface area (Å²) in [6.45, 7) is 2.29. The fourth-order valence-electron chi connectivity index (χ4n) is 4.03. The maximum absolute atomic E-state index is 13.0. The van der Waals surface area contributed by atoms with Gasteiger partial charge in [0.25, 0.3) is 5.91 Å². The molecule has 5 nitrogen and oxygen atoms in total. The number of fused-ring (bicyclic) bond motifs is 1. The smallest absolute Gasteiger partial charge is 0.416 e. The SMILES string of the molecule is COc1cc(/C=C(\C#N)C(=O)Nc2cccc(C(F)(F)F)c2)cc(Br)c1OCc1c(C)ccc2ccccc12. The van der Waals surface area contributed by atoms with Crippen LogP contribution < -0.4 is 14.8 Å². The molecule has 0 saturated carbocycles. The van der Waals surface area contributed by atoms with E-state index in [0.717, 1.165) is 34.0 Å². The average Bonchev–Trinajstić information content (AvgIpc) is 2.91. The lowest BCUT2D eigenvalue weighted by Crippen LogP contribution is -2.14. The van der Waals surface area contributed by atoms with Crippen LogP contribution >= 0.6 is 15.9 Å². The Hall–Kier alpha value is -4.29. The highest BCUT2D eigenvalue weighted by Gasteiger charge is 2.30. The molecule has 0 heterocycles. The minimum absolute atomic E-state index is 0.0813. The number of rotatable bonds is 7. The van der Waals surface area contributed by atoms with Crippen LogP contribution in [0.3, 0.4) is 0 Å². The number of alkyl halides is 3. The zero-order valence-corrected chi connectivity index (χ0v) is 22.5. The molecule has 1 amide bonds. The van der Waals surface area contributed by atoms with Crippen molar-refractivity contribution < 1.29 is 27.4 Å². The highest BCUT2D eigenvalue weighted by Crippen LogP contribution is 2.38. The number of benzene rings is 4. The van der Waals surface area contributed by atoms with Gasteiger partial charge in [-0.25, -0.2) is 0 Å². The number of hydrogen-bond acceptors (Lipinski definition) is 4. The Labute approximate surface area is 231 Å². The van der Waals surface area contributed by atoms with E-state index in [1.54, 1.807) is 18.2 Å². The van der Waals surface area contributed by atoms with Gasteiger partial charge in [0.15, 0.2) is 11.5 Å². The lowest BCUT2D eigenvalue weighted by molar-refractivity contribution is -0.137. The third kappa shape index (κ3) is 6.41. The molecule has 4 rings (SSSR count). The quantitative estimate of drug-likeness (QED) is 0.173. The predicted octanol–water partition coefficient (Wildman–Crippen LogP) is 8.06. The van der Waals surface area contributed by atoms with E-state index in [1.807, 2.05) is 37.3 Å². The van der Waals surface area contributed by atoms with Crippen molar-refractivity contribution in [3.8, 4) is 17.6 Å². The summed E-state index contributed by atoms with van der Waals surface area (Å²) in [5.41, 5.74) is 1.26. The number of amides is 1. The van der Waals surface area contributed by atoms with Gasteiger partial charge in [0.1, 0.15) is 18.2 Å². The van der Waals surface area contributed by atoms with Crippen molar-refractivity contribution in [2.45, 2.75) is 19.7 Å². The van der Waals surface area contributed by atoms with Crippen LogP contribution in [0.25, 0.3) is 16.8 Å².